The Balaban J connectivity index is 1.98. The molecule has 0 radical (unpaired) electrons. The lowest BCUT2D eigenvalue weighted by atomic mass is 9.91. The highest BCUT2D eigenvalue weighted by atomic mass is 14.9. The molecule has 0 saturated heterocycles. The summed E-state index contributed by atoms with van der Waals surface area (Å²) in [7, 11) is 0. The van der Waals surface area contributed by atoms with Crippen LogP contribution in [-0.2, 0) is 0 Å². The van der Waals surface area contributed by atoms with Gasteiger partial charge in [0.1, 0.15) is 0 Å². The molecule has 1 fully saturated rings. The fourth-order valence-electron chi connectivity index (χ4n) is 3.09. The first-order valence-electron chi connectivity index (χ1n) is 6.34. The lowest BCUT2D eigenvalue weighted by molar-refractivity contribution is 0.401. The van der Waals surface area contributed by atoms with Crippen LogP contribution in [-0.4, -0.2) is 12.6 Å². The highest BCUT2D eigenvalue weighted by molar-refractivity contribution is 5.17. The first-order valence-corrected chi connectivity index (χ1v) is 6.34. The standard InChI is InChI=1S/C13H23N/c1-2-14-13(11-7-3-4-8-11)12-9-5-6-10-12/h7,12-14H,2-6,8-10H2,1H3. The molecule has 2 aliphatic rings. The zero-order chi connectivity index (χ0) is 9.80. The van der Waals surface area contributed by atoms with Crippen LogP contribution in [0.15, 0.2) is 11.6 Å². The van der Waals surface area contributed by atoms with E-state index in [9.17, 15) is 0 Å². The summed E-state index contributed by atoms with van der Waals surface area (Å²) >= 11 is 0. The monoisotopic (exact) mass is 193 g/mol. The van der Waals surface area contributed by atoms with Crippen molar-refractivity contribution in [3.8, 4) is 0 Å². The molecule has 0 aromatic rings. The van der Waals surface area contributed by atoms with Gasteiger partial charge in [-0.1, -0.05) is 31.4 Å². The van der Waals surface area contributed by atoms with Gasteiger partial charge in [-0.3, -0.25) is 0 Å². The van der Waals surface area contributed by atoms with Gasteiger partial charge in [0.15, 0.2) is 0 Å². The Morgan fingerprint density at radius 2 is 2.14 bits per heavy atom. The van der Waals surface area contributed by atoms with E-state index < -0.39 is 0 Å². The van der Waals surface area contributed by atoms with Crippen molar-refractivity contribution in [2.75, 3.05) is 6.54 Å². The van der Waals surface area contributed by atoms with E-state index in [1.165, 1.54) is 44.9 Å². The molecule has 80 valence electrons. The predicted octanol–water partition coefficient (Wildman–Crippen LogP) is 3.27. The average molecular weight is 193 g/mol. The van der Waals surface area contributed by atoms with Crippen molar-refractivity contribution >= 4 is 0 Å². The van der Waals surface area contributed by atoms with Gasteiger partial charge in [0.2, 0.25) is 0 Å². The number of rotatable bonds is 4. The van der Waals surface area contributed by atoms with Gasteiger partial charge in [-0.15, -0.1) is 0 Å². The molecule has 1 nitrogen and oxygen atoms in total. The van der Waals surface area contributed by atoms with Crippen LogP contribution in [0, 0.1) is 5.92 Å². The fourth-order valence-corrected chi connectivity index (χ4v) is 3.09. The van der Waals surface area contributed by atoms with Crippen LogP contribution in [0.2, 0.25) is 0 Å². The number of hydrogen-bond acceptors (Lipinski definition) is 1. The third-order valence-electron chi connectivity index (χ3n) is 3.77. The highest BCUT2D eigenvalue weighted by Crippen LogP contribution is 2.34. The van der Waals surface area contributed by atoms with Crippen LogP contribution in [0.1, 0.15) is 51.9 Å². The van der Waals surface area contributed by atoms with Crippen molar-refractivity contribution in [3.63, 3.8) is 0 Å². The molecule has 2 aliphatic carbocycles. The van der Waals surface area contributed by atoms with Crippen LogP contribution in [0.5, 0.6) is 0 Å². The predicted molar refractivity (Wildman–Crippen MR) is 61.4 cm³/mol. The van der Waals surface area contributed by atoms with Gasteiger partial charge >= 0.3 is 0 Å². The molecule has 0 bridgehead atoms. The van der Waals surface area contributed by atoms with E-state index in [1.807, 2.05) is 0 Å². The minimum absolute atomic E-state index is 0.727. The molecule has 1 N–H and O–H groups in total. The number of allylic oxidation sites excluding steroid dienone is 1. The van der Waals surface area contributed by atoms with Crippen molar-refractivity contribution in [3.05, 3.63) is 11.6 Å². The summed E-state index contributed by atoms with van der Waals surface area (Å²) in [5.74, 6) is 0.944. The van der Waals surface area contributed by atoms with E-state index in [2.05, 4.69) is 18.3 Å². The Morgan fingerprint density at radius 1 is 1.36 bits per heavy atom. The molecule has 0 aliphatic heterocycles. The highest BCUT2D eigenvalue weighted by Gasteiger charge is 2.27. The minimum Gasteiger partial charge on any atom is -0.310 e. The molecular weight excluding hydrogens is 170 g/mol. The normalized spacial score (nSPS) is 25.4. The molecule has 2 rings (SSSR count). The summed E-state index contributed by atoms with van der Waals surface area (Å²) in [5.41, 5.74) is 1.72. The lowest BCUT2D eigenvalue weighted by Gasteiger charge is -2.25. The molecule has 0 aromatic heterocycles. The summed E-state index contributed by atoms with van der Waals surface area (Å²) < 4.78 is 0. The van der Waals surface area contributed by atoms with Gasteiger partial charge in [-0.2, -0.15) is 0 Å². The SMILES string of the molecule is CCNC(C1=CCCC1)C1CCCC1. The summed E-state index contributed by atoms with van der Waals surface area (Å²) in [6, 6.07) is 0.727. The lowest BCUT2D eigenvalue weighted by Crippen LogP contribution is -2.36. The molecule has 0 heterocycles. The molecular formula is C13H23N. The van der Waals surface area contributed by atoms with Crippen LogP contribution < -0.4 is 5.32 Å². The average Bonchev–Trinajstić information content (AvgIpc) is 2.87. The third kappa shape index (κ3) is 2.20. The van der Waals surface area contributed by atoms with Crippen molar-refractivity contribution in [1.29, 1.82) is 0 Å². The van der Waals surface area contributed by atoms with E-state index in [0.29, 0.717) is 0 Å². The summed E-state index contributed by atoms with van der Waals surface area (Å²) in [5, 5.41) is 3.70. The van der Waals surface area contributed by atoms with Crippen molar-refractivity contribution in [2.24, 2.45) is 5.92 Å². The molecule has 1 saturated carbocycles. The maximum Gasteiger partial charge on any atom is 0.0307 e. The minimum atomic E-state index is 0.727. The first kappa shape index (κ1) is 10.2. The Bertz CT molecular complexity index is 201. The molecule has 0 amide bonds. The number of likely N-dealkylation sites (N-methyl/N-ethyl adjacent to an activating group) is 1. The van der Waals surface area contributed by atoms with E-state index in [4.69, 9.17) is 0 Å². The quantitative estimate of drug-likeness (QED) is 0.676. The van der Waals surface area contributed by atoms with Crippen LogP contribution in [0.4, 0.5) is 0 Å². The van der Waals surface area contributed by atoms with Gasteiger partial charge in [-0.25, -0.2) is 0 Å². The number of hydrogen-bond donors (Lipinski definition) is 1. The Hall–Kier alpha value is -0.300. The third-order valence-corrected chi connectivity index (χ3v) is 3.77. The summed E-state index contributed by atoms with van der Waals surface area (Å²) in [6.07, 6.45) is 12.4. The Kier molecular flexibility index (Phi) is 3.63. The maximum atomic E-state index is 3.70. The second-order valence-corrected chi connectivity index (χ2v) is 4.75. The Labute approximate surface area is 88.0 Å². The summed E-state index contributed by atoms with van der Waals surface area (Å²) in [4.78, 5) is 0. The smallest absolute Gasteiger partial charge is 0.0307 e. The van der Waals surface area contributed by atoms with E-state index in [0.717, 1.165) is 18.5 Å². The van der Waals surface area contributed by atoms with Gasteiger partial charge in [0.25, 0.3) is 0 Å². The molecule has 14 heavy (non-hydrogen) atoms. The van der Waals surface area contributed by atoms with Gasteiger partial charge in [0, 0.05) is 6.04 Å². The van der Waals surface area contributed by atoms with E-state index in [1.54, 1.807) is 5.57 Å². The van der Waals surface area contributed by atoms with Crippen LogP contribution in [0.3, 0.4) is 0 Å². The van der Waals surface area contributed by atoms with Crippen molar-refractivity contribution in [2.45, 2.75) is 57.9 Å². The number of nitrogens with one attached hydrogen (secondary N) is 1. The van der Waals surface area contributed by atoms with E-state index >= 15 is 0 Å². The van der Waals surface area contributed by atoms with Crippen molar-refractivity contribution in [1.82, 2.24) is 5.32 Å². The zero-order valence-electron chi connectivity index (χ0n) is 9.39. The van der Waals surface area contributed by atoms with Crippen LogP contribution in [0.25, 0.3) is 0 Å². The van der Waals surface area contributed by atoms with Gasteiger partial charge in [0.05, 0.1) is 0 Å². The molecule has 0 aromatic carbocycles. The second-order valence-electron chi connectivity index (χ2n) is 4.75. The molecule has 1 atom stereocenters. The molecule has 1 heteroatoms. The summed E-state index contributed by atoms with van der Waals surface area (Å²) in [6.45, 7) is 3.36. The molecule has 1 unspecified atom stereocenters. The largest absolute Gasteiger partial charge is 0.310 e. The fraction of sp³-hybridized carbons (Fsp3) is 0.846. The Morgan fingerprint density at radius 3 is 2.71 bits per heavy atom. The molecule has 0 spiro atoms. The van der Waals surface area contributed by atoms with Gasteiger partial charge < -0.3 is 5.32 Å². The maximum absolute atomic E-state index is 3.70. The van der Waals surface area contributed by atoms with Gasteiger partial charge in [-0.05, 0) is 44.6 Å². The van der Waals surface area contributed by atoms with Crippen molar-refractivity contribution < 1.29 is 0 Å². The second kappa shape index (κ2) is 4.97. The zero-order valence-corrected chi connectivity index (χ0v) is 9.39. The van der Waals surface area contributed by atoms with E-state index in [-0.39, 0.29) is 0 Å². The topological polar surface area (TPSA) is 12.0 Å². The first-order chi connectivity index (χ1) is 6.92. The van der Waals surface area contributed by atoms with Crippen LogP contribution >= 0.6 is 0 Å².